The topological polar surface area (TPSA) is 69.3 Å². The molecule has 1 aromatic heterocycles. The van der Waals surface area contributed by atoms with Crippen LogP contribution in [0.15, 0.2) is 52.9 Å². The molecule has 0 atom stereocenters. The van der Waals surface area contributed by atoms with Crippen LogP contribution in [0.2, 0.25) is 0 Å². The van der Waals surface area contributed by atoms with E-state index in [1.165, 1.54) is 0 Å². The second-order valence-corrected chi connectivity index (χ2v) is 5.83. The average Bonchev–Trinajstić information content (AvgIpc) is 2.99. The van der Waals surface area contributed by atoms with Crippen LogP contribution in [0.4, 0.5) is 10.5 Å². The van der Waals surface area contributed by atoms with E-state index >= 15 is 0 Å². The maximum absolute atomic E-state index is 12.5. The van der Waals surface area contributed by atoms with Crippen LogP contribution in [0.25, 0.3) is 11.0 Å². The molecule has 2 amide bonds. The van der Waals surface area contributed by atoms with E-state index < -0.39 is 0 Å². The number of nitrogens with one attached hydrogen (secondary N) is 1. The average molecular weight is 333 g/mol. The standard InChI is InChI=1S/C20H19N3O2/c1-3-18-17(16-9-4-5-10-19(16)25-18)13-23(2)20(24)22-15-8-6-7-14(11-15)12-21/h4-11H,3,13H2,1-2H3,(H,22,24). The highest BCUT2D eigenvalue weighted by Crippen LogP contribution is 2.27. The van der Waals surface area contributed by atoms with Crippen LogP contribution in [0, 0.1) is 11.3 Å². The number of rotatable bonds is 4. The summed E-state index contributed by atoms with van der Waals surface area (Å²) in [6.07, 6.45) is 0.768. The van der Waals surface area contributed by atoms with Crippen molar-refractivity contribution in [1.82, 2.24) is 4.90 Å². The number of hydrogen-bond acceptors (Lipinski definition) is 3. The Labute approximate surface area is 146 Å². The lowest BCUT2D eigenvalue weighted by molar-refractivity contribution is 0.220. The van der Waals surface area contributed by atoms with Crippen molar-refractivity contribution in [2.75, 3.05) is 12.4 Å². The van der Waals surface area contributed by atoms with Gasteiger partial charge in [-0.2, -0.15) is 5.26 Å². The van der Waals surface area contributed by atoms with Gasteiger partial charge < -0.3 is 14.6 Å². The zero-order valence-electron chi connectivity index (χ0n) is 14.2. The molecule has 0 aliphatic rings. The van der Waals surface area contributed by atoms with Gasteiger partial charge in [-0.1, -0.05) is 31.2 Å². The molecule has 0 fully saturated rings. The van der Waals surface area contributed by atoms with Crippen LogP contribution in [-0.4, -0.2) is 18.0 Å². The normalized spacial score (nSPS) is 10.4. The number of nitriles is 1. The number of carbonyl (C=O) groups excluding carboxylic acids is 1. The molecule has 25 heavy (non-hydrogen) atoms. The van der Waals surface area contributed by atoms with Gasteiger partial charge >= 0.3 is 6.03 Å². The third kappa shape index (κ3) is 3.48. The summed E-state index contributed by atoms with van der Waals surface area (Å²) in [7, 11) is 1.74. The monoisotopic (exact) mass is 333 g/mol. The van der Waals surface area contributed by atoms with E-state index in [1.54, 1.807) is 36.2 Å². The number of fused-ring (bicyclic) bond motifs is 1. The maximum Gasteiger partial charge on any atom is 0.321 e. The summed E-state index contributed by atoms with van der Waals surface area (Å²) in [6, 6.07) is 16.5. The van der Waals surface area contributed by atoms with Crippen molar-refractivity contribution in [2.45, 2.75) is 19.9 Å². The van der Waals surface area contributed by atoms with Crippen LogP contribution in [0.1, 0.15) is 23.8 Å². The smallest absolute Gasteiger partial charge is 0.321 e. The molecule has 0 radical (unpaired) electrons. The van der Waals surface area contributed by atoms with Crippen LogP contribution >= 0.6 is 0 Å². The minimum atomic E-state index is -0.234. The number of benzene rings is 2. The van der Waals surface area contributed by atoms with Crippen molar-refractivity contribution in [3.05, 3.63) is 65.4 Å². The summed E-state index contributed by atoms with van der Waals surface area (Å²) >= 11 is 0. The number of carbonyl (C=O) groups is 1. The van der Waals surface area contributed by atoms with Gasteiger partial charge in [0.05, 0.1) is 18.2 Å². The summed E-state index contributed by atoms with van der Waals surface area (Å²) < 4.78 is 5.88. The van der Waals surface area contributed by atoms with Gasteiger partial charge in [-0.3, -0.25) is 0 Å². The molecule has 3 rings (SSSR count). The summed E-state index contributed by atoms with van der Waals surface area (Å²) in [4.78, 5) is 14.1. The molecule has 0 saturated heterocycles. The Balaban J connectivity index is 1.79. The zero-order chi connectivity index (χ0) is 17.8. The highest BCUT2D eigenvalue weighted by atomic mass is 16.3. The molecule has 0 bridgehead atoms. The highest BCUT2D eigenvalue weighted by Gasteiger charge is 2.17. The summed E-state index contributed by atoms with van der Waals surface area (Å²) in [5.41, 5.74) is 2.98. The number of amides is 2. The van der Waals surface area contributed by atoms with Crippen molar-refractivity contribution < 1.29 is 9.21 Å². The number of nitrogens with zero attached hydrogens (tertiary/aromatic N) is 2. The van der Waals surface area contributed by atoms with Crippen LogP contribution in [0.5, 0.6) is 0 Å². The quantitative estimate of drug-likeness (QED) is 0.762. The van der Waals surface area contributed by atoms with E-state index in [0.29, 0.717) is 17.8 Å². The minimum absolute atomic E-state index is 0.234. The molecule has 1 N–H and O–H groups in total. The van der Waals surface area contributed by atoms with Crippen molar-refractivity contribution >= 4 is 22.7 Å². The Morgan fingerprint density at radius 3 is 2.80 bits per heavy atom. The Hall–Kier alpha value is -3.26. The third-order valence-electron chi connectivity index (χ3n) is 4.09. The molecule has 0 unspecified atom stereocenters. The fraction of sp³-hybridized carbons (Fsp3) is 0.200. The predicted octanol–water partition coefficient (Wildman–Crippen LogP) is 4.53. The van der Waals surface area contributed by atoms with Gasteiger partial charge in [-0.15, -0.1) is 0 Å². The molecule has 126 valence electrons. The number of hydrogen-bond donors (Lipinski definition) is 1. The van der Waals surface area contributed by atoms with Crippen molar-refractivity contribution in [1.29, 1.82) is 5.26 Å². The Bertz CT molecular complexity index is 953. The van der Waals surface area contributed by atoms with Gasteiger partial charge in [0.1, 0.15) is 11.3 Å². The molecule has 0 saturated carbocycles. The lowest BCUT2D eigenvalue weighted by Gasteiger charge is -2.18. The van der Waals surface area contributed by atoms with Gasteiger partial charge in [0.2, 0.25) is 0 Å². The fourth-order valence-electron chi connectivity index (χ4n) is 2.80. The van der Waals surface area contributed by atoms with E-state index in [1.807, 2.05) is 31.2 Å². The van der Waals surface area contributed by atoms with E-state index in [2.05, 4.69) is 11.4 Å². The Morgan fingerprint density at radius 1 is 1.24 bits per heavy atom. The van der Waals surface area contributed by atoms with Crippen LogP contribution in [-0.2, 0) is 13.0 Å². The second-order valence-electron chi connectivity index (χ2n) is 5.83. The highest BCUT2D eigenvalue weighted by molar-refractivity contribution is 5.90. The van der Waals surface area contributed by atoms with E-state index in [0.717, 1.165) is 28.7 Å². The molecule has 3 aromatic rings. The predicted molar refractivity (Wildman–Crippen MR) is 97.2 cm³/mol. The van der Waals surface area contributed by atoms with E-state index in [-0.39, 0.29) is 6.03 Å². The summed E-state index contributed by atoms with van der Waals surface area (Å²) in [5, 5.41) is 12.8. The molecule has 0 spiro atoms. The first kappa shape index (κ1) is 16.6. The largest absolute Gasteiger partial charge is 0.461 e. The summed E-state index contributed by atoms with van der Waals surface area (Å²) in [5.74, 6) is 0.896. The SMILES string of the molecule is CCc1oc2ccccc2c1CN(C)C(=O)Nc1cccc(C#N)c1. The molecule has 1 heterocycles. The second kappa shape index (κ2) is 7.10. The first-order valence-electron chi connectivity index (χ1n) is 8.14. The number of para-hydroxylation sites is 1. The van der Waals surface area contributed by atoms with Gasteiger partial charge in [0, 0.05) is 30.1 Å². The number of anilines is 1. The van der Waals surface area contributed by atoms with Crippen molar-refractivity contribution in [3.63, 3.8) is 0 Å². The fourth-order valence-corrected chi connectivity index (χ4v) is 2.80. The van der Waals surface area contributed by atoms with E-state index in [9.17, 15) is 4.79 Å². The van der Waals surface area contributed by atoms with Crippen molar-refractivity contribution in [3.8, 4) is 6.07 Å². The molecule has 0 aliphatic carbocycles. The first-order chi connectivity index (χ1) is 12.1. The van der Waals surface area contributed by atoms with E-state index in [4.69, 9.17) is 9.68 Å². The Morgan fingerprint density at radius 2 is 2.04 bits per heavy atom. The van der Waals surface area contributed by atoms with Gasteiger partial charge in [-0.05, 0) is 24.3 Å². The van der Waals surface area contributed by atoms with Crippen LogP contribution in [0.3, 0.4) is 0 Å². The molecular formula is C20H19N3O2. The third-order valence-corrected chi connectivity index (χ3v) is 4.09. The molecule has 5 heteroatoms. The van der Waals surface area contributed by atoms with Gasteiger partial charge in [-0.25, -0.2) is 4.79 Å². The van der Waals surface area contributed by atoms with Gasteiger partial charge in [0.25, 0.3) is 0 Å². The lowest BCUT2D eigenvalue weighted by Crippen LogP contribution is -2.31. The molecule has 0 aliphatic heterocycles. The number of urea groups is 1. The molecule has 5 nitrogen and oxygen atoms in total. The lowest BCUT2D eigenvalue weighted by atomic mass is 10.1. The van der Waals surface area contributed by atoms with Gasteiger partial charge in [0.15, 0.2) is 0 Å². The van der Waals surface area contributed by atoms with Crippen LogP contribution < -0.4 is 5.32 Å². The number of furan rings is 1. The first-order valence-corrected chi connectivity index (χ1v) is 8.14. The maximum atomic E-state index is 12.5. The number of aryl methyl sites for hydroxylation is 1. The molecular weight excluding hydrogens is 314 g/mol. The Kier molecular flexibility index (Phi) is 4.71. The summed E-state index contributed by atoms with van der Waals surface area (Å²) in [6.45, 7) is 2.48. The zero-order valence-corrected chi connectivity index (χ0v) is 14.2. The molecule has 2 aromatic carbocycles. The minimum Gasteiger partial charge on any atom is -0.461 e. The van der Waals surface area contributed by atoms with Crippen molar-refractivity contribution in [2.24, 2.45) is 0 Å².